The van der Waals surface area contributed by atoms with Gasteiger partial charge in [0.2, 0.25) is 0 Å². The Morgan fingerprint density at radius 1 is 1.46 bits per heavy atom. The summed E-state index contributed by atoms with van der Waals surface area (Å²) in [6, 6.07) is 5.34. The van der Waals surface area contributed by atoms with Crippen LogP contribution in [-0.4, -0.2) is 50.3 Å². The van der Waals surface area contributed by atoms with Crippen molar-refractivity contribution >= 4 is 18.3 Å². The number of nitrogens with zero attached hydrogens (tertiary/aromatic N) is 1. The molecule has 0 unspecified atom stereocenters. The Balaban J connectivity index is 0.00000288. The van der Waals surface area contributed by atoms with Gasteiger partial charge >= 0.3 is 0 Å². The highest BCUT2D eigenvalue weighted by atomic mass is 35.5. The van der Waals surface area contributed by atoms with Crippen LogP contribution in [0.4, 0.5) is 4.39 Å². The van der Waals surface area contributed by atoms with Crippen LogP contribution in [0.3, 0.4) is 0 Å². The highest BCUT2D eigenvalue weighted by Gasteiger charge is 2.24. The third kappa shape index (κ3) is 5.19. The Hall–Kier alpha value is -1.63. The minimum atomic E-state index is 0. The van der Waals surface area contributed by atoms with Crippen molar-refractivity contribution < 1.29 is 18.7 Å². The van der Waals surface area contributed by atoms with Crippen molar-refractivity contribution in [2.75, 3.05) is 39.5 Å². The van der Waals surface area contributed by atoms with Gasteiger partial charge in [0.15, 0.2) is 0 Å². The van der Waals surface area contributed by atoms with E-state index in [4.69, 9.17) is 15.2 Å². The minimum Gasteiger partial charge on any atom is -0.489 e. The number of carbonyl (C=O) groups is 1. The average molecular weight is 359 g/mol. The molecule has 24 heavy (non-hydrogen) atoms. The lowest BCUT2D eigenvalue weighted by molar-refractivity contribution is 0.0641. The van der Waals surface area contributed by atoms with Crippen LogP contribution in [0.15, 0.2) is 30.1 Å². The van der Waals surface area contributed by atoms with Crippen molar-refractivity contribution in [2.24, 2.45) is 5.73 Å². The number of halogens is 2. The molecule has 1 aliphatic heterocycles. The summed E-state index contributed by atoms with van der Waals surface area (Å²) in [5.74, 6) is 0.635. The largest absolute Gasteiger partial charge is 0.489 e. The first-order valence-corrected chi connectivity index (χ1v) is 7.80. The van der Waals surface area contributed by atoms with Gasteiger partial charge in [-0.3, -0.25) is 4.79 Å². The van der Waals surface area contributed by atoms with E-state index in [2.05, 4.69) is 0 Å². The fourth-order valence-corrected chi connectivity index (χ4v) is 2.45. The van der Waals surface area contributed by atoms with Gasteiger partial charge in [0.05, 0.1) is 12.9 Å². The maximum Gasteiger partial charge on any atom is 0.254 e. The standard InChI is InChI=1S/C17H23FN2O3.ClH/c1-2-22-8-7-20-6-5-14-9-15(3-4-16(14)17(20)21)23-12-13(10-18)11-19;/h3-4,9-10H,2,5-8,11-12,19H2,1H3;1H/b13-10+;. The maximum atomic E-state index is 12.5. The number of amides is 1. The number of benzene rings is 1. The Labute approximate surface area is 148 Å². The van der Waals surface area contributed by atoms with Gasteiger partial charge in [-0.2, -0.15) is 0 Å². The van der Waals surface area contributed by atoms with Crippen LogP contribution in [0.5, 0.6) is 5.75 Å². The van der Waals surface area contributed by atoms with Crippen molar-refractivity contribution in [3.05, 3.63) is 41.2 Å². The summed E-state index contributed by atoms with van der Waals surface area (Å²) in [4.78, 5) is 14.2. The average Bonchev–Trinajstić information content (AvgIpc) is 2.58. The highest BCUT2D eigenvalue weighted by Crippen LogP contribution is 2.24. The molecule has 5 nitrogen and oxygen atoms in total. The molecule has 1 amide bonds. The molecule has 1 aromatic carbocycles. The molecule has 1 heterocycles. The van der Waals surface area contributed by atoms with Gasteiger partial charge in [-0.15, -0.1) is 12.4 Å². The first-order chi connectivity index (χ1) is 11.2. The zero-order valence-corrected chi connectivity index (χ0v) is 14.6. The summed E-state index contributed by atoms with van der Waals surface area (Å²) in [5.41, 5.74) is 7.43. The van der Waals surface area contributed by atoms with E-state index in [-0.39, 0.29) is 31.5 Å². The Bertz CT molecular complexity index is 581. The van der Waals surface area contributed by atoms with Gasteiger partial charge in [-0.05, 0) is 37.1 Å². The number of fused-ring (bicyclic) bond motifs is 1. The maximum absolute atomic E-state index is 12.5. The third-order valence-electron chi connectivity index (χ3n) is 3.80. The van der Waals surface area contributed by atoms with Gasteiger partial charge in [-0.1, -0.05) is 0 Å². The van der Waals surface area contributed by atoms with Crippen LogP contribution in [0, 0.1) is 0 Å². The van der Waals surface area contributed by atoms with E-state index in [0.29, 0.717) is 49.5 Å². The van der Waals surface area contributed by atoms with E-state index in [1.807, 2.05) is 13.0 Å². The molecular weight excluding hydrogens is 335 g/mol. The molecule has 0 spiro atoms. The number of ether oxygens (including phenoxy) is 2. The van der Waals surface area contributed by atoms with Crippen LogP contribution >= 0.6 is 12.4 Å². The second-order valence-electron chi connectivity index (χ2n) is 5.32. The van der Waals surface area contributed by atoms with Crippen molar-refractivity contribution in [1.82, 2.24) is 4.90 Å². The predicted molar refractivity (Wildman–Crippen MR) is 93.5 cm³/mol. The van der Waals surface area contributed by atoms with Gasteiger partial charge in [0.25, 0.3) is 5.91 Å². The molecule has 0 aliphatic carbocycles. The summed E-state index contributed by atoms with van der Waals surface area (Å²) < 4.78 is 23.3. The van der Waals surface area contributed by atoms with Gasteiger partial charge < -0.3 is 20.1 Å². The molecule has 2 N–H and O–H groups in total. The number of nitrogens with two attached hydrogens (primary N) is 1. The SMILES string of the molecule is CCOCCN1CCc2cc(OC/C(=C/F)CN)ccc2C1=O.Cl. The van der Waals surface area contributed by atoms with Crippen molar-refractivity contribution in [3.63, 3.8) is 0 Å². The van der Waals surface area contributed by atoms with Crippen LogP contribution < -0.4 is 10.5 Å². The molecular formula is C17H24ClFN2O3. The molecule has 0 radical (unpaired) electrons. The molecule has 0 atom stereocenters. The lowest BCUT2D eigenvalue weighted by Crippen LogP contribution is -2.39. The molecule has 1 aromatic rings. The number of hydrogen-bond donors (Lipinski definition) is 1. The van der Waals surface area contributed by atoms with Crippen molar-refractivity contribution in [3.8, 4) is 5.75 Å². The highest BCUT2D eigenvalue weighted by molar-refractivity contribution is 5.96. The van der Waals surface area contributed by atoms with Gasteiger partial charge in [-0.25, -0.2) is 4.39 Å². The Morgan fingerprint density at radius 2 is 2.25 bits per heavy atom. The van der Waals surface area contributed by atoms with Crippen LogP contribution in [0.1, 0.15) is 22.8 Å². The van der Waals surface area contributed by atoms with E-state index in [1.54, 1.807) is 17.0 Å². The van der Waals surface area contributed by atoms with E-state index in [1.165, 1.54) is 0 Å². The topological polar surface area (TPSA) is 64.8 Å². The lowest BCUT2D eigenvalue weighted by atomic mass is 9.98. The third-order valence-corrected chi connectivity index (χ3v) is 3.80. The fourth-order valence-electron chi connectivity index (χ4n) is 2.45. The summed E-state index contributed by atoms with van der Waals surface area (Å²) in [6.45, 7) is 4.64. The van der Waals surface area contributed by atoms with E-state index in [0.717, 1.165) is 12.0 Å². The molecule has 0 bridgehead atoms. The molecule has 0 saturated carbocycles. The van der Waals surface area contributed by atoms with Crippen LogP contribution in [0.2, 0.25) is 0 Å². The number of carbonyl (C=O) groups excluding carboxylic acids is 1. The van der Waals surface area contributed by atoms with Crippen molar-refractivity contribution in [2.45, 2.75) is 13.3 Å². The van der Waals surface area contributed by atoms with E-state index < -0.39 is 0 Å². The summed E-state index contributed by atoms with van der Waals surface area (Å²) in [7, 11) is 0. The first kappa shape index (κ1) is 20.4. The van der Waals surface area contributed by atoms with Crippen LogP contribution in [0.25, 0.3) is 0 Å². The molecule has 7 heteroatoms. The molecule has 0 saturated heterocycles. The van der Waals surface area contributed by atoms with Gasteiger partial charge in [0.1, 0.15) is 12.4 Å². The monoisotopic (exact) mass is 358 g/mol. The normalized spacial score (nSPS) is 14.2. The molecule has 0 fully saturated rings. The predicted octanol–water partition coefficient (Wildman–Crippen LogP) is 2.33. The lowest BCUT2D eigenvalue weighted by Gasteiger charge is -2.28. The fraction of sp³-hybridized carbons (Fsp3) is 0.471. The van der Waals surface area contributed by atoms with E-state index in [9.17, 15) is 9.18 Å². The summed E-state index contributed by atoms with van der Waals surface area (Å²) >= 11 is 0. The zero-order valence-electron chi connectivity index (χ0n) is 13.8. The molecule has 134 valence electrons. The summed E-state index contributed by atoms with van der Waals surface area (Å²) in [5, 5.41) is 0. The zero-order chi connectivity index (χ0) is 16.7. The quantitative estimate of drug-likeness (QED) is 0.724. The Morgan fingerprint density at radius 3 is 2.92 bits per heavy atom. The molecule has 0 aromatic heterocycles. The summed E-state index contributed by atoms with van der Waals surface area (Å²) in [6.07, 6.45) is 1.24. The minimum absolute atomic E-state index is 0. The molecule has 1 aliphatic rings. The van der Waals surface area contributed by atoms with Crippen molar-refractivity contribution in [1.29, 1.82) is 0 Å². The number of rotatable bonds is 8. The smallest absolute Gasteiger partial charge is 0.254 e. The van der Waals surface area contributed by atoms with Gasteiger partial charge in [0, 0.05) is 37.4 Å². The van der Waals surface area contributed by atoms with Crippen LogP contribution in [-0.2, 0) is 11.2 Å². The van der Waals surface area contributed by atoms with E-state index >= 15 is 0 Å². The number of hydrogen-bond acceptors (Lipinski definition) is 4. The first-order valence-electron chi connectivity index (χ1n) is 7.80. The Kier molecular flexibility index (Phi) is 8.74. The molecule has 2 rings (SSSR count). The second kappa shape index (κ2) is 10.3. The second-order valence-corrected chi connectivity index (χ2v) is 5.32.